The quantitative estimate of drug-likeness (QED) is 0.503. The zero-order chi connectivity index (χ0) is 12.8. The molecule has 0 saturated heterocycles. The number of urea groups is 1. The number of carbonyl (C=O) groups is 2. The first-order valence-corrected chi connectivity index (χ1v) is 4.86. The zero-order valence-corrected chi connectivity index (χ0v) is 9.70. The van der Waals surface area contributed by atoms with Gasteiger partial charge in [-0.2, -0.15) is 0 Å². The first-order chi connectivity index (χ1) is 7.25. The number of aliphatic hydroxyl groups is 1. The van der Waals surface area contributed by atoms with Crippen molar-refractivity contribution in [1.82, 2.24) is 10.6 Å². The topological polar surface area (TPSA) is 98.7 Å². The van der Waals surface area contributed by atoms with Crippen molar-refractivity contribution in [2.45, 2.75) is 26.4 Å². The lowest BCUT2D eigenvalue weighted by atomic mass is 10.1. The lowest BCUT2D eigenvalue weighted by molar-refractivity contribution is -0.155. The van der Waals surface area contributed by atoms with Crippen molar-refractivity contribution in [3.8, 4) is 0 Å². The molecular formula is C10H18N2O4. The van der Waals surface area contributed by atoms with Crippen LogP contribution in [-0.4, -0.2) is 40.9 Å². The number of amides is 2. The fourth-order valence-corrected chi connectivity index (χ4v) is 0.738. The molecule has 6 heteroatoms. The van der Waals surface area contributed by atoms with Gasteiger partial charge in [0.1, 0.15) is 0 Å². The van der Waals surface area contributed by atoms with Gasteiger partial charge in [-0.05, 0) is 20.8 Å². The maximum atomic E-state index is 11.1. The van der Waals surface area contributed by atoms with E-state index in [4.69, 9.17) is 5.11 Å². The summed E-state index contributed by atoms with van der Waals surface area (Å²) in [5.41, 5.74) is -0.883. The van der Waals surface area contributed by atoms with E-state index in [1.54, 1.807) is 0 Å². The van der Waals surface area contributed by atoms with E-state index in [0.717, 1.165) is 12.5 Å². The minimum absolute atomic E-state index is 0.344. The van der Waals surface area contributed by atoms with Gasteiger partial charge in [-0.25, -0.2) is 9.59 Å². The molecule has 6 nitrogen and oxygen atoms in total. The van der Waals surface area contributed by atoms with Crippen LogP contribution in [0.2, 0.25) is 0 Å². The third-order valence-corrected chi connectivity index (χ3v) is 1.83. The molecule has 0 spiro atoms. The summed E-state index contributed by atoms with van der Waals surface area (Å²) >= 11 is 0. The number of aliphatic carboxylic acids is 1. The molecule has 0 fully saturated rings. The zero-order valence-electron chi connectivity index (χ0n) is 9.70. The predicted molar refractivity (Wildman–Crippen MR) is 59.1 cm³/mol. The Morgan fingerprint density at radius 2 is 1.88 bits per heavy atom. The van der Waals surface area contributed by atoms with Gasteiger partial charge in [0, 0.05) is 6.54 Å². The van der Waals surface area contributed by atoms with Gasteiger partial charge in [-0.1, -0.05) is 11.6 Å². The van der Waals surface area contributed by atoms with Crippen molar-refractivity contribution in [2.24, 2.45) is 0 Å². The minimum atomic E-state index is -1.95. The Morgan fingerprint density at radius 1 is 1.31 bits per heavy atom. The van der Waals surface area contributed by atoms with E-state index in [0.29, 0.717) is 6.54 Å². The van der Waals surface area contributed by atoms with Crippen molar-refractivity contribution >= 4 is 12.0 Å². The molecule has 1 atom stereocenters. The van der Waals surface area contributed by atoms with Gasteiger partial charge in [-0.3, -0.25) is 0 Å². The third kappa shape index (κ3) is 6.02. The average Bonchev–Trinajstić information content (AvgIpc) is 2.14. The van der Waals surface area contributed by atoms with Gasteiger partial charge >= 0.3 is 12.0 Å². The van der Waals surface area contributed by atoms with E-state index in [1.807, 2.05) is 19.9 Å². The molecule has 0 radical (unpaired) electrons. The van der Waals surface area contributed by atoms with Crippen molar-refractivity contribution in [1.29, 1.82) is 0 Å². The Morgan fingerprint density at radius 3 is 2.31 bits per heavy atom. The molecule has 1 unspecified atom stereocenters. The van der Waals surface area contributed by atoms with Crippen molar-refractivity contribution in [3.63, 3.8) is 0 Å². The second-order valence-corrected chi connectivity index (χ2v) is 3.92. The number of rotatable bonds is 5. The van der Waals surface area contributed by atoms with E-state index in [9.17, 15) is 14.7 Å². The number of allylic oxidation sites excluding steroid dienone is 1. The molecule has 0 aromatic rings. The molecule has 0 bridgehead atoms. The van der Waals surface area contributed by atoms with Crippen LogP contribution in [0.15, 0.2) is 11.6 Å². The van der Waals surface area contributed by atoms with Crippen molar-refractivity contribution in [2.75, 3.05) is 13.1 Å². The number of nitrogens with one attached hydrogen (secondary N) is 2. The first-order valence-electron chi connectivity index (χ1n) is 4.86. The predicted octanol–water partition coefficient (Wildman–Crippen LogP) is 0.0874. The van der Waals surface area contributed by atoms with Gasteiger partial charge in [0.05, 0.1) is 6.54 Å². The van der Waals surface area contributed by atoms with Crippen LogP contribution >= 0.6 is 0 Å². The van der Waals surface area contributed by atoms with Crippen molar-refractivity contribution in [3.05, 3.63) is 11.6 Å². The van der Waals surface area contributed by atoms with Crippen LogP contribution in [0.3, 0.4) is 0 Å². The van der Waals surface area contributed by atoms with Crippen LogP contribution < -0.4 is 10.6 Å². The van der Waals surface area contributed by atoms with Gasteiger partial charge in [-0.15, -0.1) is 0 Å². The molecule has 0 aromatic carbocycles. The molecule has 0 heterocycles. The number of carbonyl (C=O) groups excluding carboxylic acids is 1. The number of hydrogen-bond donors (Lipinski definition) is 4. The van der Waals surface area contributed by atoms with Crippen LogP contribution in [0.25, 0.3) is 0 Å². The standard InChI is InChI=1S/C10H18N2O4/c1-7(2)4-5-11-9(15)12-6-10(3,16)8(13)14/h4,16H,5-6H2,1-3H3,(H,13,14)(H2,11,12,15). The van der Waals surface area contributed by atoms with Crippen molar-refractivity contribution < 1.29 is 19.8 Å². The van der Waals surface area contributed by atoms with Gasteiger partial charge in [0.25, 0.3) is 0 Å². The SMILES string of the molecule is CC(C)=CCNC(=O)NCC(C)(O)C(=O)O. The van der Waals surface area contributed by atoms with Crippen LogP contribution in [0.5, 0.6) is 0 Å². The summed E-state index contributed by atoms with van der Waals surface area (Å²) in [6.07, 6.45) is 1.81. The van der Waals surface area contributed by atoms with Gasteiger partial charge < -0.3 is 20.8 Å². The van der Waals surface area contributed by atoms with Gasteiger partial charge in [0.2, 0.25) is 0 Å². The second kappa shape index (κ2) is 6.12. The summed E-state index contributed by atoms with van der Waals surface area (Å²) < 4.78 is 0. The Kier molecular flexibility index (Phi) is 5.52. The van der Waals surface area contributed by atoms with Crippen LogP contribution in [0, 0.1) is 0 Å². The Bertz CT molecular complexity index is 293. The number of hydrogen-bond acceptors (Lipinski definition) is 3. The highest BCUT2D eigenvalue weighted by Crippen LogP contribution is 2.00. The molecule has 4 N–H and O–H groups in total. The van der Waals surface area contributed by atoms with E-state index in [-0.39, 0.29) is 6.54 Å². The molecule has 0 aromatic heterocycles. The summed E-state index contributed by atoms with van der Waals surface area (Å²) in [5, 5.41) is 22.6. The second-order valence-electron chi connectivity index (χ2n) is 3.92. The smallest absolute Gasteiger partial charge is 0.337 e. The molecule has 0 aliphatic heterocycles. The van der Waals surface area contributed by atoms with Crippen LogP contribution in [0.1, 0.15) is 20.8 Å². The summed E-state index contributed by atoms with van der Waals surface area (Å²) in [6.45, 7) is 4.93. The fraction of sp³-hybridized carbons (Fsp3) is 0.600. The highest BCUT2D eigenvalue weighted by atomic mass is 16.4. The average molecular weight is 230 g/mol. The van der Waals surface area contributed by atoms with E-state index in [2.05, 4.69) is 10.6 Å². The lowest BCUT2D eigenvalue weighted by Crippen LogP contribution is -2.49. The Labute approximate surface area is 94.3 Å². The molecule has 0 aliphatic carbocycles. The largest absolute Gasteiger partial charge is 0.479 e. The van der Waals surface area contributed by atoms with E-state index >= 15 is 0 Å². The van der Waals surface area contributed by atoms with Crippen LogP contribution in [-0.2, 0) is 4.79 Å². The Hall–Kier alpha value is -1.56. The summed E-state index contributed by atoms with van der Waals surface area (Å²) in [6, 6.07) is -0.515. The number of carboxylic acids is 1. The van der Waals surface area contributed by atoms with Crippen LogP contribution in [0.4, 0.5) is 4.79 Å². The monoisotopic (exact) mass is 230 g/mol. The summed E-state index contributed by atoms with van der Waals surface area (Å²) in [4.78, 5) is 21.6. The molecule has 2 amide bonds. The number of carboxylic acid groups (broad SMARTS) is 1. The lowest BCUT2D eigenvalue weighted by Gasteiger charge is -2.18. The minimum Gasteiger partial charge on any atom is -0.479 e. The summed E-state index contributed by atoms with van der Waals surface area (Å²) in [5.74, 6) is -1.38. The highest BCUT2D eigenvalue weighted by Gasteiger charge is 2.30. The third-order valence-electron chi connectivity index (χ3n) is 1.83. The Balaban J connectivity index is 3.91. The molecule has 0 rings (SSSR count). The molecular weight excluding hydrogens is 212 g/mol. The molecule has 0 aliphatic rings. The molecule has 92 valence electrons. The van der Waals surface area contributed by atoms with E-state index < -0.39 is 17.6 Å². The fourth-order valence-electron chi connectivity index (χ4n) is 0.738. The highest BCUT2D eigenvalue weighted by molar-refractivity contribution is 5.79. The maximum absolute atomic E-state index is 11.1. The molecule has 0 saturated carbocycles. The van der Waals surface area contributed by atoms with E-state index in [1.165, 1.54) is 0 Å². The summed E-state index contributed by atoms with van der Waals surface area (Å²) in [7, 11) is 0. The maximum Gasteiger partial charge on any atom is 0.337 e. The van der Waals surface area contributed by atoms with Gasteiger partial charge in [0.15, 0.2) is 5.60 Å². The molecule has 16 heavy (non-hydrogen) atoms. The normalized spacial score (nSPS) is 13.5. The first kappa shape index (κ1) is 14.4.